The highest BCUT2D eigenvalue weighted by Crippen LogP contribution is 2.22. The van der Waals surface area contributed by atoms with Crippen LogP contribution in [0.5, 0.6) is 0 Å². The Balaban J connectivity index is 1.53. The highest BCUT2D eigenvalue weighted by atomic mass is 35.5. The highest BCUT2D eigenvalue weighted by Gasteiger charge is 2.11. The lowest BCUT2D eigenvalue weighted by Crippen LogP contribution is -2.11. The van der Waals surface area contributed by atoms with Crippen molar-refractivity contribution < 1.29 is 0 Å². The molecular formula is C18H16ClN5S. The Hall–Kier alpha value is -2.31. The van der Waals surface area contributed by atoms with Gasteiger partial charge in [0.15, 0.2) is 5.65 Å². The van der Waals surface area contributed by atoms with E-state index in [1.54, 1.807) is 16.3 Å². The first-order valence-corrected chi connectivity index (χ1v) is 9.31. The molecule has 25 heavy (non-hydrogen) atoms. The first-order chi connectivity index (χ1) is 12.2. The van der Waals surface area contributed by atoms with E-state index in [1.807, 2.05) is 55.5 Å². The summed E-state index contributed by atoms with van der Waals surface area (Å²) in [6, 6.07) is 15.9. The van der Waals surface area contributed by atoms with Gasteiger partial charge in [0.25, 0.3) is 0 Å². The van der Waals surface area contributed by atoms with Gasteiger partial charge >= 0.3 is 0 Å². The quantitative estimate of drug-likeness (QED) is 0.416. The van der Waals surface area contributed by atoms with Crippen LogP contribution in [0.2, 0.25) is 5.02 Å². The molecule has 0 aliphatic heterocycles. The third-order valence-electron chi connectivity index (χ3n) is 3.75. The molecule has 5 nitrogen and oxygen atoms in total. The predicted octanol–water partition coefficient (Wildman–Crippen LogP) is 4.44. The van der Waals surface area contributed by atoms with Crippen LogP contribution in [0.4, 0.5) is 5.95 Å². The maximum atomic E-state index is 5.91. The van der Waals surface area contributed by atoms with Crippen molar-refractivity contribution in [2.45, 2.75) is 11.8 Å². The van der Waals surface area contributed by atoms with Crippen LogP contribution in [-0.4, -0.2) is 31.9 Å². The third kappa shape index (κ3) is 3.41. The van der Waals surface area contributed by atoms with Crippen molar-refractivity contribution in [1.29, 1.82) is 0 Å². The molecule has 0 unspecified atom stereocenters. The fourth-order valence-corrected chi connectivity index (χ4v) is 3.53. The minimum absolute atomic E-state index is 0.714. The van der Waals surface area contributed by atoms with Crippen molar-refractivity contribution in [3.05, 3.63) is 59.4 Å². The lowest BCUT2D eigenvalue weighted by molar-refractivity contribution is 0.904. The number of hydrogen-bond acceptors (Lipinski definition) is 5. The second-order valence-corrected chi connectivity index (χ2v) is 7.18. The Labute approximate surface area is 154 Å². The number of rotatable bonds is 5. The van der Waals surface area contributed by atoms with Gasteiger partial charge in [-0.2, -0.15) is 4.52 Å². The molecule has 0 saturated heterocycles. The van der Waals surface area contributed by atoms with Gasteiger partial charge in [-0.25, -0.2) is 9.97 Å². The average molecular weight is 370 g/mol. The zero-order chi connectivity index (χ0) is 17.2. The summed E-state index contributed by atoms with van der Waals surface area (Å²) in [7, 11) is 0. The van der Waals surface area contributed by atoms with E-state index in [0.717, 1.165) is 39.7 Å². The number of anilines is 1. The van der Waals surface area contributed by atoms with E-state index in [1.165, 1.54) is 4.90 Å². The molecule has 0 bridgehead atoms. The molecule has 4 aromatic rings. The largest absolute Gasteiger partial charge is 0.353 e. The lowest BCUT2D eigenvalue weighted by atomic mass is 10.2. The summed E-state index contributed by atoms with van der Waals surface area (Å²) in [6.07, 6.45) is 0. The monoisotopic (exact) mass is 369 g/mol. The van der Waals surface area contributed by atoms with Crippen LogP contribution in [0.3, 0.4) is 0 Å². The fraction of sp³-hybridized carbons (Fsp3) is 0.167. The van der Waals surface area contributed by atoms with Gasteiger partial charge in [0, 0.05) is 27.6 Å². The standard InChI is InChI=1S/C18H16ClN5S/c1-12-21-17-15-4-2-3-5-16(15)22-18(24(17)23-12)20-10-11-25-14-8-6-13(19)7-9-14/h2-9H,10-11H2,1H3,(H,20,22). The number of para-hydroxylation sites is 1. The molecule has 0 aliphatic carbocycles. The van der Waals surface area contributed by atoms with E-state index < -0.39 is 0 Å². The molecule has 0 radical (unpaired) electrons. The van der Waals surface area contributed by atoms with Gasteiger partial charge in [-0.15, -0.1) is 16.9 Å². The number of hydrogen-bond donors (Lipinski definition) is 1. The molecule has 2 aromatic carbocycles. The zero-order valence-corrected chi connectivity index (χ0v) is 15.2. The number of nitrogens with one attached hydrogen (secondary N) is 1. The molecule has 1 N–H and O–H groups in total. The molecule has 0 spiro atoms. The topological polar surface area (TPSA) is 55.1 Å². The van der Waals surface area contributed by atoms with Crippen molar-refractivity contribution in [3.8, 4) is 0 Å². The normalized spacial score (nSPS) is 11.3. The molecule has 0 amide bonds. The fourth-order valence-electron chi connectivity index (χ4n) is 2.64. The second-order valence-electron chi connectivity index (χ2n) is 5.58. The number of nitrogens with zero attached hydrogens (tertiary/aromatic N) is 4. The van der Waals surface area contributed by atoms with E-state index in [2.05, 4.69) is 15.4 Å². The Morgan fingerprint density at radius 2 is 1.88 bits per heavy atom. The first kappa shape index (κ1) is 16.2. The molecule has 7 heteroatoms. The summed E-state index contributed by atoms with van der Waals surface area (Å²) in [5.74, 6) is 2.36. The van der Waals surface area contributed by atoms with Crippen molar-refractivity contribution in [3.63, 3.8) is 0 Å². The van der Waals surface area contributed by atoms with Crippen LogP contribution >= 0.6 is 23.4 Å². The van der Waals surface area contributed by atoms with E-state index in [0.29, 0.717) is 5.95 Å². The summed E-state index contributed by atoms with van der Waals surface area (Å²) in [4.78, 5) is 10.4. The molecule has 2 aromatic heterocycles. The molecule has 0 atom stereocenters. The summed E-state index contributed by atoms with van der Waals surface area (Å²) in [5.41, 5.74) is 1.74. The number of aromatic nitrogens is 4. The van der Waals surface area contributed by atoms with Crippen LogP contribution in [-0.2, 0) is 0 Å². The number of benzene rings is 2. The number of halogens is 1. The van der Waals surface area contributed by atoms with Crippen molar-refractivity contribution in [2.24, 2.45) is 0 Å². The van der Waals surface area contributed by atoms with Crippen LogP contribution in [0, 0.1) is 6.92 Å². The summed E-state index contributed by atoms with van der Waals surface area (Å²) in [5, 5.41) is 9.61. The summed E-state index contributed by atoms with van der Waals surface area (Å²) >= 11 is 7.68. The maximum absolute atomic E-state index is 5.91. The first-order valence-electron chi connectivity index (χ1n) is 7.95. The Kier molecular flexibility index (Phi) is 4.46. The van der Waals surface area contributed by atoms with Gasteiger partial charge in [0.05, 0.1) is 5.52 Å². The van der Waals surface area contributed by atoms with Gasteiger partial charge in [0.2, 0.25) is 5.95 Å². The zero-order valence-electron chi connectivity index (χ0n) is 13.6. The predicted molar refractivity (Wildman–Crippen MR) is 104 cm³/mol. The van der Waals surface area contributed by atoms with Crippen LogP contribution in [0.25, 0.3) is 16.6 Å². The average Bonchev–Trinajstić information content (AvgIpc) is 3.02. The Bertz CT molecular complexity index is 1030. The lowest BCUT2D eigenvalue weighted by Gasteiger charge is -2.09. The van der Waals surface area contributed by atoms with Crippen molar-refractivity contribution >= 4 is 45.9 Å². The number of thioether (sulfide) groups is 1. The Morgan fingerprint density at radius 3 is 2.72 bits per heavy atom. The smallest absolute Gasteiger partial charge is 0.226 e. The van der Waals surface area contributed by atoms with E-state index >= 15 is 0 Å². The van der Waals surface area contributed by atoms with E-state index in [9.17, 15) is 0 Å². The minimum atomic E-state index is 0.714. The molecular weight excluding hydrogens is 354 g/mol. The van der Waals surface area contributed by atoms with Crippen molar-refractivity contribution in [1.82, 2.24) is 19.6 Å². The maximum Gasteiger partial charge on any atom is 0.226 e. The van der Waals surface area contributed by atoms with Crippen LogP contribution in [0.15, 0.2) is 53.4 Å². The third-order valence-corrected chi connectivity index (χ3v) is 5.02. The van der Waals surface area contributed by atoms with Crippen molar-refractivity contribution in [2.75, 3.05) is 17.6 Å². The molecule has 4 rings (SSSR count). The summed E-state index contributed by atoms with van der Waals surface area (Å²) < 4.78 is 1.78. The summed E-state index contributed by atoms with van der Waals surface area (Å²) in [6.45, 7) is 2.66. The molecule has 0 aliphatic rings. The molecule has 0 saturated carbocycles. The molecule has 0 fully saturated rings. The Morgan fingerprint density at radius 1 is 1.08 bits per heavy atom. The van der Waals surface area contributed by atoms with Gasteiger partial charge < -0.3 is 5.32 Å². The molecule has 126 valence electrons. The SMILES string of the molecule is Cc1nc2c3ccccc3nc(NCCSc3ccc(Cl)cc3)n2n1. The van der Waals surface area contributed by atoms with Crippen LogP contribution in [0.1, 0.15) is 5.82 Å². The van der Waals surface area contributed by atoms with Gasteiger partial charge in [-0.05, 0) is 43.3 Å². The van der Waals surface area contributed by atoms with Gasteiger partial charge in [0.1, 0.15) is 5.82 Å². The second kappa shape index (κ2) is 6.90. The highest BCUT2D eigenvalue weighted by molar-refractivity contribution is 7.99. The molecule has 2 heterocycles. The van der Waals surface area contributed by atoms with E-state index in [4.69, 9.17) is 16.6 Å². The van der Waals surface area contributed by atoms with Gasteiger partial charge in [-0.1, -0.05) is 23.7 Å². The number of aryl methyl sites for hydroxylation is 1. The van der Waals surface area contributed by atoms with Gasteiger partial charge in [-0.3, -0.25) is 0 Å². The van der Waals surface area contributed by atoms with Crippen LogP contribution < -0.4 is 5.32 Å². The number of fused-ring (bicyclic) bond motifs is 3. The van der Waals surface area contributed by atoms with E-state index in [-0.39, 0.29) is 0 Å². The minimum Gasteiger partial charge on any atom is -0.353 e.